The van der Waals surface area contributed by atoms with Crippen molar-refractivity contribution >= 4 is 27.5 Å². The van der Waals surface area contributed by atoms with Gasteiger partial charge in [-0.1, -0.05) is 48.0 Å². The number of likely N-dealkylation sites (N-methyl/N-ethyl adjacent to an activating group) is 1. The van der Waals surface area contributed by atoms with E-state index < -0.39 is 28.5 Å². The minimum atomic E-state index is -4.09. The SMILES string of the molecule is CNC(=O)[C@@H](C)N(CCc1ccccc1)C(=O)CN(c1ccc(OC)cc1)S(=O)(=O)c1ccc(C)cc1. The predicted octanol–water partition coefficient (Wildman–Crippen LogP) is 3.40. The van der Waals surface area contributed by atoms with Crippen LogP contribution in [0.1, 0.15) is 18.1 Å². The van der Waals surface area contributed by atoms with Crippen molar-refractivity contribution in [3.8, 4) is 5.75 Å². The molecule has 1 N–H and O–H groups in total. The number of anilines is 1. The highest BCUT2D eigenvalue weighted by molar-refractivity contribution is 7.92. The van der Waals surface area contributed by atoms with Gasteiger partial charge >= 0.3 is 0 Å². The number of ether oxygens (including phenoxy) is 1. The Morgan fingerprint density at radius 3 is 2.14 bits per heavy atom. The molecule has 1 atom stereocenters. The molecule has 0 unspecified atom stereocenters. The maximum atomic E-state index is 13.7. The molecule has 9 heteroatoms. The maximum Gasteiger partial charge on any atom is 0.264 e. The molecule has 196 valence electrons. The molecule has 0 saturated heterocycles. The zero-order valence-electron chi connectivity index (χ0n) is 21.5. The minimum Gasteiger partial charge on any atom is -0.497 e. The average Bonchev–Trinajstić information content (AvgIpc) is 2.92. The van der Waals surface area contributed by atoms with E-state index in [4.69, 9.17) is 4.74 Å². The summed E-state index contributed by atoms with van der Waals surface area (Å²) in [6, 6.07) is 21.7. The number of carbonyl (C=O) groups is 2. The van der Waals surface area contributed by atoms with Crippen LogP contribution in [0.25, 0.3) is 0 Å². The zero-order chi connectivity index (χ0) is 27.0. The van der Waals surface area contributed by atoms with Gasteiger partial charge in [-0.3, -0.25) is 13.9 Å². The van der Waals surface area contributed by atoms with Crippen LogP contribution in [0.2, 0.25) is 0 Å². The van der Waals surface area contributed by atoms with E-state index in [1.165, 1.54) is 31.2 Å². The molecule has 3 aromatic carbocycles. The van der Waals surface area contributed by atoms with Crippen molar-refractivity contribution in [1.29, 1.82) is 0 Å². The van der Waals surface area contributed by atoms with Gasteiger partial charge < -0.3 is 15.0 Å². The normalized spacial score (nSPS) is 11.9. The van der Waals surface area contributed by atoms with Gasteiger partial charge in [-0.05, 0) is 62.2 Å². The van der Waals surface area contributed by atoms with Crippen LogP contribution < -0.4 is 14.4 Å². The van der Waals surface area contributed by atoms with Gasteiger partial charge in [0.05, 0.1) is 17.7 Å². The van der Waals surface area contributed by atoms with Crippen LogP contribution in [0.15, 0.2) is 83.8 Å². The fraction of sp³-hybridized carbons (Fsp3) is 0.286. The molecule has 0 aliphatic heterocycles. The molecule has 0 aromatic heterocycles. The number of nitrogens with zero attached hydrogens (tertiary/aromatic N) is 2. The van der Waals surface area contributed by atoms with E-state index >= 15 is 0 Å². The van der Waals surface area contributed by atoms with Crippen molar-refractivity contribution in [3.05, 3.63) is 90.0 Å². The topological polar surface area (TPSA) is 96.0 Å². The number of hydrogen-bond donors (Lipinski definition) is 1. The second kappa shape index (κ2) is 12.4. The molecular weight excluding hydrogens is 490 g/mol. The molecule has 0 spiro atoms. The Morgan fingerprint density at radius 1 is 0.946 bits per heavy atom. The van der Waals surface area contributed by atoms with Gasteiger partial charge in [-0.25, -0.2) is 8.42 Å². The molecule has 2 amide bonds. The molecule has 0 radical (unpaired) electrons. The first-order valence-electron chi connectivity index (χ1n) is 12.0. The number of aryl methyl sites for hydroxylation is 1. The molecule has 0 fully saturated rings. The van der Waals surface area contributed by atoms with Gasteiger partial charge in [0.15, 0.2) is 0 Å². The fourth-order valence-electron chi connectivity index (χ4n) is 3.89. The lowest BCUT2D eigenvalue weighted by Gasteiger charge is -2.31. The lowest BCUT2D eigenvalue weighted by Crippen LogP contribution is -2.51. The van der Waals surface area contributed by atoms with Crippen LogP contribution in [0.4, 0.5) is 5.69 Å². The van der Waals surface area contributed by atoms with E-state index in [1.54, 1.807) is 43.3 Å². The summed E-state index contributed by atoms with van der Waals surface area (Å²) in [7, 11) is -1.07. The highest BCUT2D eigenvalue weighted by atomic mass is 32.2. The molecule has 37 heavy (non-hydrogen) atoms. The molecule has 3 rings (SSSR count). The van der Waals surface area contributed by atoms with Gasteiger partial charge in [0.1, 0.15) is 18.3 Å². The van der Waals surface area contributed by atoms with Crippen LogP contribution in [-0.2, 0) is 26.0 Å². The van der Waals surface area contributed by atoms with Crippen LogP contribution in [0, 0.1) is 6.92 Å². The minimum absolute atomic E-state index is 0.0666. The molecular formula is C28H33N3O5S. The van der Waals surface area contributed by atoms with E-state index in [0.717, 1.165) is 15.4 Å². The van der Waals surface area contributed by atoms with E-state index in [2.05, 4.69) is 5.32 Å². The quantitative estimate of drug-likeness (QED) is 0.416. The Morgan fingerprint density at radius 2 is 1.57 bits per heavy atom. The summed E-state index contributed by atoms with van der Waals surface area (Å²) in [5.74, 6) is -0.266. The molecule has 8 nitrogen and oxygen atoms in total. The average molecular weight is 524 g/mol. The van der Waals surface area contributed by atoms with Crippen LogP contribution in [-0.4, -0.2) is 58.4 Å². The second-order valence-corrected chi connectivity index (χ2v) is 10.5. The van der Waals surface area contributed by atoms with E-state index in [1.807, 2.05) is 37.3 Å². The third kappa shape index (κ3) is 6.89. The summed E-state index contributed by atoms with van der Waals surface area (Å²) >= 11 is 0. The molecule has 0 saturated carbocycles. The van der Waals surface area contributed by atoms with Crippen molar-refractivity contribution in [2.45, 2.75) is 31.2 Å². The lowest BCUT2D eigenvalue weighted by atomic mass is 10.1. The van der Waals surface area contributed by atoms with Gasteiger partial charge in [0, 0.05) is 13.6 Å². The lowest BCUT2D eigenvalue weighted by molar-refractivity contribution is -0.138. The van der Waals surface area contributed by atoms with Crippen molar-refractivity contribution in [2.24, 2.45) is 0 Å². The van der Waals surface area contributed by atoms with E-state index in [-0.39, 0.29) is 17.3 Å². The summed E-state index contributed by atoms with van der Waals surface area (Å²) in [6.07, 6.45) is 0.515. The summed E-state index contributed by atoms with van der Waals surface area (Å²) in [5, 5.41) is 2.58. The van der Waals surface area contributed by atoms with Crippen molar-refractivity contribution in [3.63, 3.8) is 0 Å². The second-order valence-electron chi connectivity index (χ2n) is 8.64. The number of sulfonamides is 1. The monoisotopic (exact) mass is 523 g/mol. The summed E-state index contributed by atoms with van der Waals surface area (Å²) in [6.45, 7) is 3.27. The van der Waals surface area contributed by atoms with Gasteiger partial charge in [0.2, 0.25) is 11.8 Å². The summed E-state index contributed by atoms with van der Waals surface area (Å²) in [5.41, 5.74) is 2.23. The Kier molecular flexibility index (Phi) is 9.30. The Balaban J connectivity index is 1.97. The Hall–Kier alpha value is -3.85. The Labute approximate surface area is 218 Å². The maximum absolute atomic E-state index is 13.7. The zero-order valence-corrected chi connectivity index (χ0v) is 22.4. The van der Waals surface area contributed by atoms with E-state index in [9.17, 15) is 18.0 Å². The number of carbonyl (C=O) groups excluding carboxylic acids is 2. The molecule has 0 bridgehead atoms. The van der Waals surface area contributed by atoms with Crippen LogP contribution in [0.5, 0.6) is 5.75 Å². The molecule has 0 aliphatic rings. The molecule has 0 heterocycles. The van der Waals surface area contributed by atoms with Gasteiger partial charge in [0.25, 0.3) is 10.0 Å². The number of amides is 2. The van der Waals surface area contributed by atoms with Crippen molar-refractivity contribution in [2.75, 3.05) is 31.6 Å². The van der Waals surface area contributed by atoms with Gasteiger partial charge in [-0.15, -0.1) is 0 Å². The third-order valence-electron chi connectivity index (χ3n) is 6.15. The number of rotatable bonds is 11. The smallest absolute Gasteiger partial charge is 0.264 e. The van der Waals surface area contributed by atoms with E-state index in [0.29, 0.717) is 17.9 Å². The molecule has 3 aromatic rings. The van der Waals surface area contributed by atoms with Crippen LogP contribution >= 0.6 is 0 Å². The first-order chi connectivity index (χ1) is 17.7. The predicted molar refractivity (Wildman–Crippen MR) is 144 cm³/mol. The number of benzene rings is 3. The highest BCUT2D eigenvalue weighted by Gasteiger charge is 2.32. The highest BCUT2D eigenvalue weighted by Crippen LogP contribution is 2.26. The first kappa shape index (κ1) is 27.7. The summed E-state index contributed by atoms with van der Waals surface area (Å²) < 4.78 is 33.8. The standard InChI is InChI=1S/C28H33N3O5S/c1-21-10-16-26(17-11-21)37(34,35)31(24-12-14-25(36-4)15-13-24)20-27(32)30(22(2)28(33)29-3)19-18-23-8-6-5-7-9-23/h5-17,22H,18-20H2,1-4H3,(H,29,33)/t22-/m1/s1. The van der Waals surface area contributed by atoms with Gasteiger partial charge in [-0.2, -0.15) is 0 Å². The third-order valence-corrected chi connectivity index (χ3v) is 7.93. The number of nitrogens with one attached hydrogen (secondary N) is 1. The van der Waals surface area contributed by atoms with Crippen molar-refractivity contribution in [1.82, 2.24) is 10.2 Å². The number of methoxy groups -OCH3 is 1. The van der Waals surface area contributed by atoms with Crippen LogP contribution in [0.3, 0.4) is 0 Å². The first-order valence-corrected chi connectivity index (χ1v) is 13.4. The van der Waals surface area contributed by atoms with Crippen molar-refractivity contribution < 1.29 is 22.7 Å². The largest absolute Gasteiger partial charge is 0.497 e. The Bertz CT molecular complexity index is 1290. The number of hydrogen-bond acceptors (Lipinski definition) is 5. The summed E-state index contributed by atoms with van der Waals surface area (Å²) in [4.78, 5) is 27.7. The molecule has 0 aliphatic carbocycles. The fourth-order valence-corrected chi connectivity index (χ4v) is 5.31.